The lowest BCUT2D eigenvalue weighted by molar-refractivity contribution is -0.139. The third-order valence-electron chi connectivity index (χ3n) is 5.03. The average molecular weight is 521 g/mol. The molecule has 3 N–H and O–H groups in total. The predicted molar refractivity (Wildman–Crippen MR) is 134 cm³/mol. The van der Waals surface area contributed by atoms with Crippen LogP contribution in [0, 0.1) is 0 Å². The Hall–Kier alpha value is -3.32. The summed E-state index contributed by atoms with van der Waals surface area (Å²) in [5, 5.41) is 18.7. The minimum absolute atomic E-state index is 0.200. The summed E-state index contributed by atoms with van der Waals surface area (Å²) in [5.41, 5.74) is 0.675. The van der Waals surface area contributed by atoms with E-state index >= 15 is 0 Å². The van der Waals surface area contributed by atoms with Crippen molar-refractivity contribution in [3.8, 4) is 11.5 Å². The van der Waals surface area contributed by atoms with Crippen LogP contribution >= 0.6 is 19.0 Å². The van der Waals surface area contributed by atoms with Crippen molar-refractivity contribution in [1.29, 1.82) is 0 Å². The number of rotatable bonds is 9. The van der Waals surface area contributed by atoms with Gasteiger partial charge in [-0.25, -0.2) is 0 Å². The second kappa shape index (κ2) is 13.0. The van der Waals surface area contributed by atoms with Gasteiger partial charge in [0, 0.05) is 21.5 Å². The van der Waals surface area contributed by atoms with E-state index in [0.717, 1.165) is 0 Å². The third-order valence-corrected chi connectivity index (χ3v) is 7.28. The summed E-state index contributed by atoms with van der Waals surface area (Å²) in [4.78, 5) is 31.5. The molecule has 35 heavy (non-hydrogen) atoms. The summed E-state index contributed by atoms with van der Waals surface area (Å²) in [6.07, 6.45) is -0.401. The zero-order valence-electron chi connectivity index (χ0n) is 19.1. The molecule has 0 saturated carbocycles. The van der Waals surface area contributed by atoms with Crippen molar-refractivity contribution in [3.63, 3.8) is 0 Å². The standard InChI is InChI=1S/C14H15O4P.C11H11ClO4/c1-17-11-3-7-13(8-4-11)19(15,16)14-9-5-12(18-2)6-10-14;12-9-3-1-7(2-4-9)8(5-10(13)14)6-11(15)16/h3-10H,1-2H3,(H,15,16);1-4,8H,5-6H2,(H,13,14)(H,15,16). The van der Waals surface area contributed by atoms with Crippen molar-refractivity contribution in [1.82, 2.24) is 0 Å². The van der Waals surface area contributed by atoms with Crippen LogP contribution in [0.3, 0.4) is 0 Å². The van der Waals surface area contributed by atoms with Crippen LogP contribution in [-0.4, -0.2) is 41.3 Å². The molecule has 10 heteroatoms. The number of carboxylic acid groups (broad SMARTS) is 2. The summed E-state index contributed by atoms with van der Waals surface area (Å²) in [6, 6.07) is 19.6. The van der Waals surface area contributed by atoms with E-state index in [0.29, 0.717) is 32.7 Å². The number of carboxylic acids is 2. The van der Waals surface area contributed by atoms with Gasteiger partial charge in [-0.2, -0.15) is 0 Å². The van der Waals surface area contributed by atoms with E-state index in [9.17, 15) is 19.0 Å². The molecule has 0 saturated heterocycles. The van der Waals surface area contributed by atoms with E-state index in [1.165, 1.54) is 0 Å². The molecule has 0 atom stereocenters. The molecule has 0 amide bonds. The fraction of sp³-hybridized carbons (Fsp3) is 0.200. The molecule has 8 nitrogen and oxygen atoms in total. The van der Waals surface area contributed by atoms with Crippen LogP contribution in [0.2, 0.25) is 5.02 Å². The number of hydrogen-bond donors (Lipinski definition) is 3. The van der Waals surface area contributed by atoms with Crippen LogP contribution in [0.1, 0.15) is 24.3 Å². The molecule has 0 bridgehead atoms. The average Bonchev–Trinajstić information content (AvgIpc) is 2.84. The Labute approximate surface area is 208 Å². The number of hydrogen-bond acceptors (Lipinski definition) is 5. The number of halogens is 1. The zero-order chi connectivity index (χ0) is 26.0. The second-order valence-electron chi connectivity index (χ2n) is 7.42. The minimum atomic E-state index is -3.57. The number of benzene rings is 3. The van der Waals surface area contributed by atoms with E-state index in [2.05, 4.69) is 0 Å². The first-order valence-electron chi connectivity index (χ1n) is 10.4. The Kier molecular flexibility index (Phi) is 10.3. The molecule has 3 rings (SSSR count). The topological polar surface area (TPSA) is 130 Å². The number of ether oxygens (including phenoxy) is 2. The smallest absolute Gasteiger partial charge is 0.303 e. The SMILES string of the molecule is COc1ccc(P(=O)(O)c2ccc(OC)cc2)cc1.O=C(O)CC(CC(=O)O)c1ccc(Cl)cc1. The summed E-state index contributed by atoms with van der Waals surface area (Å²) in [5.74, 6) is -1.24. The van der Waals surface area contributed by atoms with E-state index in [1.807, 2.05) is 0 Å². The molecule has 0 spiro atoms. The first kappa shape index (κ1) is 27.9. The molecule has 0 unspecified atom stereocenters. The van der Waals surface area contributed by atoms with Crippen LogP contribution in [0.25, 0.3) is 0 Å². The van der Waals surface area contributed by atoms with Gasteiger partial charge < -0.3 is 24.6 Å². The van der Waals surface area contributed by atoms with Crippen molar-refractivity contribution in [2.24, 2.45) is 0 Å². The largest absolute Gasteiger partial charge is 0.497 e. The molecule has 3 aromatic carbocycles. The summed E-state index contributed by atoms with van der Waals surface area (Å²) < 4.78 is 22.6. The Morgan fingerprint density at radius 1 is 0.771 bits per heavy atom. The van der Waals surface area contributed by atoms with Crippen LogP contribution in [0.5, 0.6) is 11.5 Å². The lowest BCUT2D eigenvalue weighted by atomic mass is 9.93. The van der Waals surface area contributed by atoms with Crippen LogP contribution in [0.4, 0.5) is 0 Å². The Morgan fingerprint density at radius 3 is 1.46 bits per heavy atom. The summed E-state index contributed by atoms with van der Waals surface area (Å²) >= 11 is 5.70. The van der Waals surface area contributed by atoms with Gasteiger partial charge in [-0.05, 0) is 66.2 Å². The van der Waals surface area contributed by atoms with Gasteiger partial charge in [0.25, 0.3) is 7.37 Å². The second-order valence-corrected chi connectivity index (χ2v) is 10.0. The predicted octanol–water partition coefficient (Wildman–Crippen LogP) is 4.30. The number of aliphatic carboxylic acids is 2. The molecule has 0 aliphatic rings. The highest BCUT2D eigenvalue weighted by atomic mass is 35.5. The Balaban J connectivity index is 0.000000251. The molecular formula is C25H26ClO8P. The molecule has 0 heterocycles. The third kappa shape index (κ3) is 8.44. The Bertz CT molecular complexity index is 1090. The van der Waals surface area contributed by atoms with Gasteiger partial charge in [0.1, 0.15) is 11.5 Å². The van der Waals surface area contributed by atoms with E-state index in [4.69, 9.17) is 31.3 Å². The van der Waals surface area contributed by atoms with Crippen molar-refractivity contribution < 1.29 is 38.7 Å². The zero-order valence-corrected chi connectivity index (χ0v) is 20.8. The molecule has 0 aliphatic heterocycles. The van der Waals surface area contributed by atoms with Crippen LogP contribution in [0.15, 0.2) is 72.8 Å². The molecule has 0 aliphatic carbocycles. The van der Waals surface area contributed by atoms with E-state index in [1.54, 1.807) is 87.0 Å². The van der Waals surface area contributed by atoms with Crippen LogP contribution < -0.4 is 20.1 Å². The van der Waals surface area contributed by atoms with Gasteiger partial charge >= 0.3 is 11.9 Å². The van der Waals surface area contributed by atoms with Gasteiger partial charge in [-0.1, -0.05) is 23.7 Å². The lowest BCUT2D eigenvalue weighted by Crippen LogP contribution is -2.15. The fourth-order valence-corrected chi connectivity index (χ4v) is 4.71. The molecular weight excluding hydrogens is 495 g/mol. The first-order valence-corrected chi connectivity index (χ1v) is 12.4. The highest BCUT2D eigenvalue weighted by Crippen LogP contribution is 2.38. The van der Waals surface area contributed by atoms with Crippen molar-refractivity contribution >= 4 is 41.5 Å². The monoisotopic (exact) mass is 520 g/mol. The molecule has 3 aromatic rings. The Morgan fingerprint density at radius 2 is 1.14 bits per heavy atom. The number of carbonyl (C=O) groups is 2. The normalized spacial score (nSPS) is 10.8. The van der Waals surface area contributed by atoms with Crippen LogP contribution in [-0.2, 0) is 14.2 Å². The maximum Gasteiger partial charge on any atom is 0.303 e. The van der Waals surface area contributed by atoms with Crippen molar-refractivity contribution in [2.45, 2.75) is 18.8 Å². The molecule has 0 fully saturated rings. The molecule has 0 radical (unpaired) electrons. The molecule has 0 aromatic heterocycles. The highest BCUT2D eigenvalue weighted by molar-refractivity contribution is 7.73. The summed E-state index contributed by atoms with van der Waals surface area (Å²) in [7, 11) is -0.464. The molecule has 186 valence electrons. The minimum Gasteiger partial charge on any atom is -0.497 e. The van der Waals surface area contributed by atoms with Gasteiger partial charge in [-0.3, -0.25) is 14.2 Å². The lowest BCUT2D eigenvalue weighted by Gasteiger charge is -2.13. The van der Waals surface area contributed by atoms with Crippen molar-refractivity contribution in [2.75, 3.05) is 14.2 Å². The maximum atomic E-state index is 12.5. The van der Waals surface area contributed by atoms with E-state index < -0.39 is 25.2 Å². The maximum absolute atomic E-state index is 12.5. The van der Waals surface area contributed by atoms with Gasteiger partial charge in [0.2, 0.25) is 0 Å². The highest BCUT2D eigenvalue weighted by Gasteiger charge is 2.24. The fourth-order valence-electron chi connectivity index (χ4n) is 3.18. The van der Waals surface area contributed by atoms with Gasteiger partial charge in [0.05, 0.1) is 27.1 Å². The van der Waals surface area contributed by atoms with Crippen molar-refractivity contribution in [3.05, 3.63) is 83.4 Å². The van der Waals surface area contributed by atoms with E-state index in [-0.39, 0.29) is 12.8 Å². The quantitative estimate of drug-likeness (QED) is 0.356. The number of methoxy groups -OCH3 is 2. The first-order chi connectivity index (χ1) is 16.6. The summed E-state index contributed by atoms with van der Waals surface area (Å²) in [6.45, 7) is 0. The van der Waals surface area contributed by atoms with Gasteiger partial charge in [0.15, 0.2) is 0 Å². The van der Waals surface area contributed by atoms with Gasteiger partial charge in [-0.15, -0.1) is 0 Å².